The quantitative estimate of drug-likeness (QED) is 0.786. The van der Waals surface area contributed by atoms with Crippen molar-refractivity contribution in [2.45, 2.75) is 6.61 Å². The van der Waals surface area contributed by atoms with E-state index in [-0.39, 0.29) is 23.5 Å². The molecule has 0 radical (unpaired) electrons. The van der Waals surface area contributed by atoms with E-state index >= 15 is 0 Å². The molecule has 7 heteroatoms. The molecule has 0 aliphatic heterocycles. The van der Waals surface area contributed by atoms with E-state index in [2.05, 4.69) is 20.7 Å². The molecular formula is C14H10BrFO5. The topological polar surface area (TPSA) is 65.7 Å². The first kappa shape index (κ1) is 15.2. The maximum Gasteiger partial charge on any atom is 0.341 e. The molecule has 0 atom stereocenters. The zero-order valence-corrected chi connectivity index (χ0v) is 12.5. The molecular weight excluding hydrogens is 347 g/mol. The molecule has 1 aromatic heterocycles. The minimum Gasteiger partial charge on any atom is -0.465 e. The van der Waals surface area contributed by atoms with E-state index in [1.54, 1.807) is 0 Å². The third kappa shape index (κ3) is 3.49. The standard InChI is InChI=1S/C14H10BrFO5/c1-19-13(17)10-4-5-20-12(10)7-21-14(18)9-3-2-8(15)6-11(9)16/h2-6H,7H2,1H3. The Hall–Kier alpha value is -2.15. The van der Waals surface area contributed by atoms with Crippen molar-refractivity contribution in [3.05, 3.63) is 57.7 Å². The number of carbonyl (C=O) groups is 2. The second-order valence-corrected chi connectivity index (χ2v) is 4.87. The summed E-state index contributed by atoms with van der Waals surface area (Å²) in [5.41, 5.74) is -0.0500. The molecule has 110 valence electrons. The first-order valence-electron chi connectivity index (χ1n) is 5.79. The zero-order chi connectivity index (χ0) is 15.4. The number of hydrogen-bond acceptors (Lipinski definition) is 5. The molecule has 1 aromatic carbocycles. The lowest BCUT2D eigenvalue weighted by atomic mass is 10.2. The molecule has 1 heterocycles. The van der Waals surface area contributed by atoms with Gasteiger partial charge in [-0.3, -0.25) is 0 Å². The second-order valence-electron chi connectivity index (χ2n) is 3.95. The molecule has 2 rings (SSSR count). The number of furan rings is 1. The van der Waals surface area contributed by atoms with Crippen LogP contribution in [0, 0.1) is 5.82 Å². The Morgan fingerprint density at radius 1 is 1.24 bits per heavy atom. The summed E-state index contributed by atoms with van der Waals surface area (Å²) in [5.74, 6) is -2.04. The van der Waals surface area contributed by atoms with Gasteiger partial charge in [0.2, 0.25) is 0 Å². The van der Waals surface area contributed by atoms with Crippen LogP contribution in [0.1, 0.15) is 26.5 Å². The molecule has 2 aromatic rings. The Morgan fingerprint density at radius 3 is 2.67 bits per heavy atom. The van der Waals surface area contributed by atoms with Gasteiger partial charge in [0.1, 0.15) is 11.4 Å². The highest BCUT2D eigenvalue weighted by molar-refractivity contribution is 9.10. The Kier molecular flexibility index (Phi) is 4.74. The van der Waals surface area contributed by atoms with Crippen molar-refractivity contribution in [3.8, 4) is 0 Å². The highest BCUT2D eigenvalue weighted by Gasteiger charge is 2.18. The van der Waals surface area contributed by atoms with Crippen LogP contribution in [0.25, 0.3) is 0 Å². The molecule has 5 nitrogen and oxygen atoms in total. The van der Waals surface area contributed by atoms with E-state index in [9.17, 15) is 14.0 Å². The zero-order valence-electron chi connectivity index (χ0n) is 10.9. The molecule has 0 unspecified atom stereocenters. The molecule has 0 saturated carbocycles. The summed E-state index contributed by atoms with van der Waals surface area (Å²) < 4.78 is 28.6. The van der Waals surface area contributed by atoms with Gasteiger partial charge in [-0.2, -0.15) is 0 Å². The molecule has 0 bridgehead atoms. The molecule has 0 N–H and O–H groups in total. The molecule has 0 aliphatic rings. The number of hydrogen-bond donors (Lipinski definition) is 0. The summed E-state index contributed by atoms with van der Waals surface area (Å²) in [5, 5.41) is 0. The average Bonchev–Trinajstić information content (AvgIpc) is 2.92. The van der Waals surface area contributed by atoms with Gasteiger partial charge in [-0.05, 0) is 24.3 Å². The van der Waals surface area contributed by atoms with Crippen LogP contribution in [0.4, 0.5) is 4.39 Å². The number of benzene rings is 1. The van der Waals surface area contributed by atoms with Gasteiger partial charge in [0.05, 0.1) is 18.9 Å². The smallest absolute Gasteiger partial charge is 0.341 e. The van der Waals surface area contributed by atoms with Crippen LogP contribution >= 0.6 is 15.9 Å². The fourth-order valence-corrected chi connectivity index (χ4v) is 1.94. The lowest BCUT2D eigenvalue weighted by Gasteiger charge is -2.05. The van der Waals surface area contributed by atoms with Gasteiger partial charge in [-0.25, -0.2) is 14.0 Å². The van der Waals surface area contributed by atoms with Crippen LogP contribution in [-0.4, -0.2) is 19.0 Å². The summed E-state index contributed by atoms with van der Waals surface area (Å²) in [6, 6.07) is 5.37. The SMILES string of the molecule is COC(=O)c1ccoc1COC(=O)c1ccc(Br)cc1F. The van der Waals surface area contributed by atoms with Crippen LogP contribution in [0.3, 0.4) is 0 Å². The van der Waals surface area contributed by atoms with Crippen molar-refractivity contribution in [1.82, 2.24) is 0 Å². The van der Waals surface area contributed by atoms with Gasteiger partial charge in [0, 0.05) is 4.47 Å². The van der Waals surface area contributed by atoms with E-state index in [4.69, 9.17) is 9.15 Å². The largest absolute Gasteiger partial charge is 0.465 e. The first-order valence-corrected chi connectivity index (χ1v) is 6.59. The lowest BCUT2D eigenvalue weighted by molar-refractivity contribution is 0.0427. The van der Waals surface area contributed by atoms with Crippen molar-refractivity contribution in [2.24, 2.45) is 0 Å². The Balaban J connectivity index is 2.08. The highest BCUT2D eigenvalue weighted by atomic mass is 79.9. The first-order chi connectivity index (χ1) is 10.0. The number of ether oxygens (including phenoxy) is 2. The van der Waals surface area contributed by atoms with Gasteiger partial charge in [-0.1, -0.05) is 15.9 Å². The third-order valence-electron chi connectivity index (χ3n) is 2.64. The lowest BCUT2D eigenvalue weighted by Crippen LogP contribution is -2.09. The second kappa shape index (κ2) is 6.53. The van der Waals surface area contributed by atoms with E-state index in [1.807, 2.05) is 0 Å². The average molecular weight is 357 g/mol. The molecule has 0 spiro atoms. The maximum atomic E-state index is 13.6. The van der Waals surface area contributed by atoms with Crippen LogP contribution in [-0.2, 0) is 16.1 Å². The highest BCUT2D eigenvalue weighted by Crippen LogP contribution is 2.18. The van der Waals surface area contributed by atoms with Gasteiger partial charge in [0.25, 0.3) is 0 Å². The molecule has 0 aliphatic carbocycles. The number of methoxy groups -OCH3 is 1. The van der Waals surface area contributed by atoms with Crippen LogP contribution in [0.2, 0.25) is 0 Å². The minimum atomic E-state index is -0.854. The van der Waals surface area contributed by atoms with Gasteiger partial charge in [0.15, 0.2) is 12.4 Å². The fraction of sp³-hybridized carbons (Fsp3) is 0.143. The van der Waals surface area contributed by atoms with Crippen molar-refractivity contribution < 1.29 is 27.9 Å². The predicted octanol–water partition coefficient (Wildman–Crippen LogP) is 3.32. The molecule has 0 fully saturated rings. The van der Waals surface area contributed by atoms with E-state index in [1.165, 1.54) is 31.6 Å². The van der Waals surface area contributed by atoms with Crippen molar-refractivity contribution in [3.63, 3.8) is 0 Å². The molecule has 0 amide bonds. The van der Waals surface area contributed by atoms with Crippen LogP contribution < -0.4 is 0 Å². The monoisotopic (exact) mass is 356 g/mol. The van der Waals surface area contributed by atoms with Crippen LogP contribution in [0.5, 0.6) is 0 Å². The van der Waals surface area contributed by atoms with E-state index in [0.717, 1.165) is 6.07 Å². The fourth-order valence-electron chi connectivity index (χ4n) is 1.61. The van der Waals surface area contributed by atoms with Crippen molar-refractivity contribution >= 4 is 27.9 Å². The molecule has 0 saturated heterocycles. The summed E-state index contributed by atoms with van der Waals surface area (Å²) >= 11 is 3.09. The number of rotatable bonds is 4. The predicted molar refractivity (Wildman–Crippen MR) is 73.3 cm³/mol. The molecule has 21 heavy (non-hydrogen) atoms. The Labute approximate surface area is 127 Å². The van der Waals surface area contributed by atoms with Gasteiger partial charge >= 0.3 is 11.9 Å². The van der Waals surface area contributed by atoms with Crippen molar-refractivity contribution in [2.75, 3.05) is 7.11 Å². The Bertz CT molecular complexity index is 680. The maximum absolute atomic E-state index is 13.6. The van der Waals surface area contributed by atoms with E-state index in [0.29, 0.717) is 4.47 Å². The third-order valence-corrected chi connectivity index (χ3v) is 3.13. The normalized spacial score (nSPS) is 10.2. The summed E-state index contributed by atoms with van der Waals surface area (Å²) in [4.78, 5) is 23.2. The van der Waals surface area contributed by atoms with Crippen LogP contribution in [0.15, 0.2) is 39.4 Å². The summed E-state index contributed by atoms with van der Waals surface area (Å²) in [6.07, 6.45) is 1.27. The summed E-state index contributed by atoms with van der Waals surface area (Å²) in [7, 11) is 1.22. The summed E-state index contributed by atoms with van der Waals surface area (Å²) in [6.45, 7) is -0.300. The van der Waals surface area contributed by atoms with E-state index < -0.39 is 17.8 Å². The minimum absolute atomic E-state index is 0.132. The Morgan fingerprint density at radius 2 is 2.00 bits per heavy atom. The van der Waals surface area contributed by atoms with Gasteiger partial charge in [-0.15, -0.1) is 0 Å². The van der Waals surface area contributed by atoms with Gasteiger partial charge < -0.3 is 13.9 Å². The number of carbonyl (C=O) groups excluding carboxylic acids is 2. The number of halogens is 2. The van der Waals surface area contributed by atoms with Crippen molar-refractivity contribution in [1.29, 1.82) is 0 Å². The number of esters is 2.